The lowest BCUT2D eigenvalue weighted by Crippen LogP contribution is -2.24. The Kier molecular flexibility index (Phi) is 16.8. The van der Waals surface area contributed by atoms with Gasteiger partial charge in [0, 0.05) is 6.42 Å². The van der Waals surface area contributed by atoms with Crippen LogP contribution in [0, 0.1) is 0 Å². The highest BCUT2D eigenvalue weighted by molar-refractivity contribution is 5.54. The van der Waals surface area contributed by atoms with Crippen molar-refractivity contribution in [1.82, 2.24) is 4.90 Å². The molecular formula is C18H33NO. The molecule has 0 aromatic heterocycles. The Hall–Kier alpha value is -1.15. The van der Waals surface area contributed by atoms with Gasteiger partial charge in [-0.15, -0.1) is 0 Å². The number of carbonyl (C=O) groups is 1. The molecule has 1 aliphatic rings. The highest BCUT2D eigenvalue weighted by atomic mass is 16.1. The molecule has 1 aliphatic heterocycles. The Morgan fingerprint density at radius 1 is 1.15 bits per heavy atom. The van der Waals surface area contributed by atoms with Gasteiger partial charge in [0.1, 0.15) is 6.29 Å². The third-order valence-corrected chi connectivity index (χ3v) is 2.75. The summed E-state index contributed by atoms with van der Waals surface area (Å²) in [6.45, 7) is 14.2. The first-order valence-corrected chi connectivity index (χ1v) is 7.67. The molecular weight excluding hydrogens is 246 g/mol. The molecule has 0 unspecified atom stereocenters. The van der Waals surface area contributed by atoms with Crippen LogP contribution in [0.25, 0.3) is 0 Å². The summed E-state index contributed by atoms with van der Waals surface area (Å²) >= 11 is 0. The summed E-state index contributed by atoms with van der Waals surface area (Å²) in [5.74, 6) is 0. The topological polar surface area (TPSA) is 20.3 Å². The summed E-state index contributed by atoms with van der Waals surface area (Å²) in [6, 6.07) is 0. The summed E-state index contributed by atoms with van der Waals surface area (Å²) in [6.07, 6.45) is 11.4. The number of piperidine rings is 1. The van der Waals surface area contributed by atoms with E-state index in [9.17, 15) is 4.79 Å². The Labute approximate surface area is 126 Å². The first-order chi connectivity index (χ1) is 9.56. The van der Waals surface area contributed by atoms with Gasteiger partial charge in [0.15, 0.2) is 0 Å². The lowest BCUT2D eigenvalue weighted by atomic mass is 10.1. The molecule has 0 radical (unpaired) electrons. The first-order valence-electron chi connectivity index (χ1n) is 7.67. The van der Waals surface area contributed by atoms with E-state index in [1.165, 1.54) is 32.4 Å². The van der Waals surface area contributed by atoms with Crippen molar-refractivity contribution in [3.8, 4) is 0 Å². The summed E-state index contributed by atoms with van der Waals surface area (Å²) in [7, 11) is 2.19. The van der Waals surface area contributed by atoms with E-state index >= 15 is 0 Å². The number of likely N-dealkylation sites (tertiary alicyclic amines) is 1. The number of rotatable bonds is 4. The van der Waals surface area contributed by atoms with Crippen LogP contribution in [0.3, 0.4) is 0 Å². The highest BCUT2D eigenvalue weighted by Gasteiger charge is 2.02. The fourth-order valence-electron chi connectivity index (χ4n) is 1.63. The van der Waals surface area contributed by atoms with Gasteiger partial charge in [0.2, 0.25) is 0 Å². The van der Waals surface area contributed by atoms with Crippen LogP contribution in [-0.4, -0.2) is 31.3 Å². The molecule has 0 aromatic carbocycles. The smallest absolute Gasteiger partial charge is 0.124 e. The summed E-state index contributed by atoms with van der Waals surface area (Å²) in [5, 5.41) is 0. The van der Waals surface area contributed by atoms with Gasteiger partial charge >= 0.3 is 0 Å². The fourth-order valence-corrected chi connectivity index (χ4v) is 1.63. The molecule has 0 saturated carbocycles. The Balaban J connectivity index is 0. The molecule has 1 heterocycles. The molecule has 0 aromatic rings. The minimum atomic E-state index is 0.514. The van der Waals surface area contributed by atoms with Crippen molar-refractivity contribution in [2.24, 2.45) is 0 Å². The summed E-state index contributed by atoms with van der Waals surface area (Å²) in [5.41, 5.74) is 2.08. The Bertz CT molecular complexity index is 297. The van der Waals surface area contributed by atoms with Crippen LogP contribution in [-0.2, 0) is 4.79 Å². The number of nitrogens with zero attached hydrogens (tertiary/aromatic N) is 1. The molecule has 1 rings (SSSR count). The summed E-state index contributed by atoms with van der Waals surface area (Å²) < 4.78 is 0. The summed E-state index contributed by atoms with van der Waals surface area (Å²) in [4.78, 5) is 12.4. The van der Waals surface area contributed by atoms with E-state index in [2.05, 4.69) is 18.5 Å². The fraction of sp³-hybridized carbons (Fsp3) is 0.611. The number of allylic oxidation sites excluding steroid dienone is 5. The molecule has 0 bridgehead atoms. The third kappa shape index (κ3) is 16.9. The maximum Gasteiger partial charge on any atom is 0.124 e. The second-order valence-corrected chi connectivity index (χ2v) is 4.95. The monoisotopic (exact) mass is 279 g/mol. The van der Waals surface area contributed by atoms with E-state index in [1.807, 2.05) is 45.9 Å². The Morgan fingerprint density at radius 2 is 1.70 bits per heavy atom. The normalized spacial score (nSPS) is 15.8. The van der Waals surface area contributed by atoms with E-state index < -0.39 is 0 Å². The van der Waals surface area contributed by atoms with E-state index in [0.29, 0.717) is 6.42 Å². The maximum absolute atomic E-state index is 10.0. The first kappa shape index (κ1) is 21.2. The van der Waals surface area contributed by atoms with Crippen LogP contribution in [0.5, 0.6) is 0 Å². The number of hydrogen-bond donors (Lipinski definition) is 0. The molecule has 1 saturated heterocycles. The third-order valence-electron chi connectivity index (χ3n) is 2.75. The van der Waals surface area contributed by atoms with Crippen molar-refractivity contribution in [3.63, 3.8) is 0 Å². The van der Waals surface area contributed by atoms with Crippen molar-refractivity contribution in [2.45, 2.75) is 53.4 Å². The largest absolute Gasteiger partial charge is 0.306 e. The standard InChI is InChI=1S/C10H14O.C6H13N.C2H6/c1-9(2)5-4-6-10(3)7-8-11;1-7-5-3-2-4-6-7;1-2/h4-6,8H,1,7H2,2-3H3;2-6H2,1H3;1-2H3/b5-4-,10-6+;;. The van der Waals surface area contributed by atoms with Crippen molar-refractivity contribution < 1.29 is 4.79 Å². The van der Waals surface area contributed by atoms with E-state index in [4.69, 9.17) is 0 Å². The van der Waals surface area contributed by atoms with Crippen molar-refractivity contribution in [1.29, 1.82) is 0 Å². The van der Waals surface area contributed by atoms with Gasteiger partial charge in [-0.25, -0.2) is 0 Å². The predicted molar refractivity (Wildman–Crippen MR) is 91.1 cm³/mol. The van der Waals surface area contributed by atoms with E-state index in [1.54, 1.807) is 0 Å². The lowest BCUT2D eigenvalue weighted by Gasteiger charge is -2.20. The number of carbonyl (C=O) groups excluding carboxylic acids is 1. The molecule has 20 heavy (non-hydrogen) atoms. The molecule has 0 N–H and O–H groups in total. The zero-order valence-electron chi connectivity index (χ0n) is 14.1. The van der Waals surface area contributed by atoms with Crippen LogP contribution in [0.2, 0.25) is 0 Å². The minimum absolute atomic E-state index is 0.514. The quantitative estimate of drug-likeness (QED) is 0.545. The second-order valence-electron chi connectivity index (χ2n) is 4.95. The maximum atomic E-state index is 10.0. The van der Waals surface area contributed by atoms with Crippen LogP contribution >= 0.6 is 0 Å². The number of hydrogen-bond acceptors (Lipinski definition) is 2. The van der Waals surface area contributed by atoms with Crippen LogP contribution in [0.4, 0.5) is 0 Å². The molecule has 0 amide bonds. The molecule has 0 spiro atoms. The van der Waals surface area contributed by atoms with E-state index in [-0.39, 0.29) is 0 Å². The van der Waals surface area contributed by atoms with Crippen LogP contribution in [0.15, 0.2) is 36.0 Å². The van der Waals surface area contributed by atoms with Crippen LogP contribution in [0.1, 0.15) is 53.4 Å². The van der Waals surface area contributed by atoms with Crippen molar-refractivity contribution >= 4 is 6.29 Å². The van der Waals surface area contributed by atoms with Gasteiger partial charge in [0.25, 0.3) is 0 Å². The van der Waals surface area contributed by atoms with Gasteiger partial charge in [-0.1, -0.05) is 56.2 Å². The van der Waals surface area contributed by atoms with Crippen molar-refractivity contribution in [3.05, 3.63) is 36.0 Å². The van der Waals surface area contributed by atoms with E-state index in [0.717, 1.165) is 17.4 Å². The SMILES string of the molecule is C=C(C)/C=C\C=C(/C)CC=O.CC.CN1CCCCC1. The van der Waals surface area contributed by atoms with Crippen molar-refractivity contribution in [2.75, 3.05) is 20.1 Å². The molecule has 116 valence electrons. The lowest BCUT2D eigenvalue weighted by molar-refractivity contribution is -0.107. The van der Waals surface area contributed by atoms with Gasteiger partial charge in [0.05, 0.1) is 0 Å². The molecule has 2 nitrogen and oxygen atoms in total. The average Bonchev–Trinajstić information content (AvgIpc) is 2.42. The molecule has 0 aliphatic carbocycles. The highest BCUT2D eigenvalue weighted by Crippen LogP contribution is 2.04. The molecule has 0 atom stereocenters. The molecule has 2 heteroatoms. The predicted octanol–water partition coefficient (Wildman–Crippen LogP) is 4.78. The van der Waals surface area contributed by atoms with Crippen LogP contribution < -0.4 is 0 Å². The Morgan fingerprint density at radius 3 is 2.05 bits per heavy atom. The zero-order chi connectivity index (χ0) is 15.8. The second kappa shape index (κ2) is 15.9. The number of aldehydes is 1. The van der Waals surface area contributed by atoms with Gasteiger partial charge in [-0.05, 0) is 46.8 Å². The van der Waals surface area contributed by atoms with Gasteiger partial charge < -0.3 is 9.69 Å². The minimum Gasteiger partial charge on any atom is -0.306 e. The zero-order valence-corrected chi connectivity index (χ0v) is 14.1. The molecule has 1 fully saturated rings. The van der Waals surface area contributed by atoms with Gasteiger partial charge in [-0.3, -0.25) is 0 Å². The average molecular weight is 279 g/mol. The van der Waals surface area contributed by atoms with Gasteiger partial charge in [-0.2, -0.15) is 0 Å².